The van der Waals surface area contributed by atoms with Crippen molar-refractivity contribution in [1.29, 1.82) is 10.8 Å². The maximum absolute atomic E-state index is 11.9. The van der Waals surface area contributed by atoms with Gasteiger partial charge >= 0.3 is 5.97 Å². The molecular weight excluding hydrogens is 550 g/mol. The number of nitrogens with one attached hydrogen (secondary N) is 2. The van der Waals surface area contributed by atoms with Crippen LogP contribution in [0.3, 0.4) is 0 Å². The van der Waals surface area contributed by atoms with Crippen molar-refractivity contribution in [3.8, 4) is 5.75 Å². The van der Waals surface area contributed by atoms with E-state index in [-0.39, 0.29) is 29.2 Å². The molecule has 3 aliphatic heterocycles. The van der Waals surface area contributed by atoms with Gasteiger partial charge in [0.05, 0.1) is 18.2 Å². The number of phenolic OH excluding ortho intramolecular Hbond substituents is 1. The summed E-state index contributed by atoms with van der Waals surface area (Å²) in [5.74, 6) is 0.300. The van der Waals surface area contributed by atoms with Crippen LogP contribution in [0.15, 0.2) is 78.9 Å². The van der Waals surface area contributed by atoms with Crippen LogP contribution in [0.5, 0.6) is 5.75 Å². The van der Waals surface area contributed by atoms with Crippen LogP contribution in [0.2, 0.25) is 0 Å². The Morgan fingerprint density at radius 2 is 1.50 bits per heavy atom. The number of hydrogen-bond acceptors (Lipinski definition) is 7. The number of nitrogens with zero attached hydrogens (tertiary/aromatic N) is 2. The highest BCUT2D eigenvalue weighted by molar-refractivity contribution is 6.27. The summed E-state index contributed by atoms with van der Waals surface area (Å²) in [7, 11) is 0. The molecule has 0 spiro atoms. The number of anilines is 1. The second-order valence-corrected chi connectivity index (χ2v) is 12.2. The molecule has 44 heavy (non-hydrogen) atoms. The number of esters is 1. The molecule has 228 valence electrons. The fourth-order valence-corrected chi connectivity index (χ4v) is 6.98. The number of amidine groups is 1. The number of para-hydroxylation sites is 1. The fourth-order valence-electron chi connectivity index (χ4n) is 6.98. The highest BCUT2D eigenvalue weighted by Crippen LogP contribution is 2.34. The third kappa shape index (κ3) is 6.40. The molecule has 3 aromatic carbocycles. The largest absolute Gasteiger partial charge is 0.507 e. The van der Waals surface area contributed by atoms with Gasteiger partial charge in [0.1, 0.15) is 11.6 Å². The van der Waals surface area contributed by atoms with Crippen LogP contribution in [0.1, 0.15) is 66.2 Å². The Balaban J connectivity index is 1.01. The van der Waals surface area contributed by atoms with Gasteiger partial charge in [-0.2, -0.15) is 0 Å². The third-order valence-corrected chi connectivity index (χ3v) is 9.57. The minimum Gasteiger partial charge on any atom is -0.507 e. The summed E-state index contributed by atoms with van der Waals surface area (Å²) in [5, 5.41) is 26.6. The molecule has 3 aromatic rings. The lowest BCUT2D eigenvalue weighted by atomic mass is 9.86. The first-order chi connectivity index (χ1) is 21.4. The van der Waals surface area contributed by atoms with Crippen LogP contribution in [0, 0.1) is 10.8 Å². The molecule has 1 atom stereocenters. The van der Waals surface area contributed by atoms with Crippen LogP contribution in [0.25, 0.3) is 5.57 Å². The zero-order chi connectivity index (χ0) is 30.6. The molecular formula is C36H41N5O3. The molecule has 0 radical (unpaired) electrons. The standard InChI is InChI=1S/C36H41N5O3/c37-33(31-3-1-2-4-34(31)42)23-32(35(38)39)27-9-11-28(12-10-27)41-20-15-29(16-21-41)40-18-13-25(14-19-40)24-5-7-26(8-6-24)30-17-22-44-36(30)43/h1-12,23,25,29-30,37,42H,13-22H2,(H3,38,39)/b32-23-,37-33?. The maximum Gasteiger partial charge on any atom is 0.313 e. The van der Waals surface area contributed by atoms with Crippen molar-refractivity contribution >= 4 is 28.8 Å². The van der Waals surface area contributed by atoms with E-state index in [1.165, 1.54) is 18.4 Å². The van der Waals surface area contributed by atoms with Crippen molar-refractivity contribution in [2.24, 2.45) is 5.73 Å². The number of hydrogen-bond donors (Lipinski definition) is 4. The van der Waals surface area contributed by atoms with E-state index >= 15 is 0 Å². The molecule has 3 aliphatic rings. The average molecular weight is 592 g/mol. The van der Waals surface area contributed by atoms with E-state index in [1.54, 1.807) is 30.3 Å². The number of cyclic esters (lactones) is 1. The molecule has 3 heterocycles. The molecule has 0 aliphatic carbocycles. The van der Waals surface area contributed by atoms with Gasteiger partial charge in [0.2, 0.25) is 0 Å². The van der Waals surface area contributed by atoms with Crippen molar-refractivity contribution in [2.75, 3.05) is 37.7 Å². The minimum atomic E-state index is -0.116. The minimum absolute atomic E-state index is 0.0275. The zero-order valence-electron chi connectivity index (χ0n) is 25.0. The predicted octanol–water partition coefficient (Wildman–Crippen LogP) is 5.66. The van der Waals surface area contributed by atoms with E-state index in [4.69, 9.17) is 21.3 Å². The van der Waals surface area contributed by atoms with Gasteiger partial charge < -0.3 is 30.8 Å². The number of carbonyl (C=O) groups excluding carboxylic acids is 1. The Bertz CT molecular complexity index is 1530. The summed E-state index contributed by atoms with van der Waals surface area (Å²) in [4.78, 5) is 17.0. The molecule has 6 rings (SSSR count). The van der Waals surface area contributed by atoms with Crippen molar-refractivity contribution in [2.45, 2.75) is 50.0 Å². The topological polar surface area (TPSA) is 127 Å². The number of aromatic hydroxyl groups is 1. The van der Waals surface area contributed by atoms with Crippen molar-refractivity contribution in [3.05, 3.63) is 101 Å². The van der Waals surface area contributed by atoms with E-state index < -0.39 is 0 Å². The Hall–Kier alpha value is -4.43. The summed E-state index contributed by atoms with van der Waals surface area (Å²) >= 11 is 0. The highest BCUT2D eigenvalue weighted by atomic mass is 16.5. The van der Waals surface area contributed by atoms with Gasteiger partial charge in [-0.1, -0.05) is 48.5 Å². The van der Waals surface area contributed by atoms with Gasteiger partial charge in [0.25, 0.3) is 0 Å². The monoisotopic (exact) mass is 591 g/mol. The number of piperidine rings is 2. The van der Waals surface area contributed by atoms with Gasteiger partial charge in [-0.25, -0.2) is 0 Å². The summed E-state index contributed by atoms with van der Waals surface area (Å²) in [5.41, 5.74) is 11.3. The van der Waals surface area contributed by atoms with E-state index in [0.29, 0.717) is 29.7 Å². The summed E-state index contributed by atoms with van der Waals surface area (Å²) in [6.07, 6.45) is 6.93. The molecule has 1 unspecified atom stereocenters. The van der Waals surface area contributed by atoms with E-state index in [9.17, 15) is 9.90 Å². The molecule has 0 bridgehead atoms. The first kappa shape index (κ1) is 29.6. The summed E-state index contributed by atoms with van der Waals surface area (Å²) in [6, 6.07) is 24.1. The summed E-state index contributed by atoms with van der Waals surface area (Å²) in [6.45, 7) is 4.78. The van der Waals surface area contributed by atoms with Crippen molar-refractivity contribution in [1.82, 2.24) is 4.90 Å². The van der Waals surface area contributed by atoms with Crippen LogP contribution < -0.4 is 10.6 Å². The average Bonchev–Trinajstić information content (AvgIpc) is 3.49. The molecule has 0 amide bonds. The number of allylic oxidation sites excluding steroid dienone is 1. The molecule has 8 heteroatoms. The zero-order valence-corrected chi connectivity index (χ0v) is 25.0. The fraction of sp³-hybridized carbons (Fsp3) is 0.361. The lowest BCUT2D eigenvalue weighted by Crippen LogP contribution is -2.47. The second-order valence-electron chi connectivity index (χ2n) is 12.2. The summed E-state index contributed by atoms with van der Waals surface area (Å²) < 4.78 is 5.14. The Labute approximate surface area is 259 Å². The number of ether oxygens (including phenoxy) is 1. The van der Waals surface area contributed by atoms with Crippen LogP contribution in [0.4, 0.5) is 5.69 Å². The Kier molecular flexibility index (Phi) is 8.79. The lowest BCUT2D eigenvalue weighted by Gasteiger charge is -2.42. The Morgan fingerprint density at radius 1 is 0.841 bits per heavy atom. The number of likely N-dealkylation sites (tertiary alicyclic amines) is 1. The van der Waals surface area contributed by atoms with Gasteiger partial charge in [0.15, 0.2) is 0 Å². The normalized spacial score (nSPS) is 20.5. The smallest absolute Gasteiger partial charge is 0.313 e. The van der Waals surface area contributed by atoms with Crippen LogP contribution in [-0.4, -0.2) is 66.4 Å². The maximum atomic E-state index is 11.9. The second kappa shape index (κ2) is 13.1. The first-order valence-electron chi connectivity index (χ1n) is 15.7. The SMILES string of the molecule is N=C(N)/C(=C\C(=N)c1ccccc1O)c1ccc(N2CCC(N3CCC(c4ccc(C5CCOC5=O)cc4)CC3)CC2)cc1. The lowest BCUT2D eigenvalue weighted by molar-refractivity contribution is -0.139. The molecule has 0 aromatic heterocycles. The molecule has 5 N–H and O–H groups in total. The van der Waals surface area contributed by atoms with Crippen molar-refractivity contribution < 1.29 is 14.6 Å². The first-order valence-corrected chi connectivity index (χ1v) is 15.7. The van der Waals surface area contributed by atoms with Gasteiger partial charge in [-0.3, -0.25) is 10.2 Å². The quantitative estimate of drug-likeness (QED) is 0.152. The molecule has 3 fully saturated rings. The van der Waals surface area contributed by atoms with Crippen molar-refractivity contribution in [3.63, 3.8) is 0 Å². The molecule has 8 nitrogen and oxygen atoms in total. The number of rotatable bonds is 8. The van der Waals surface area contributed by atoms with Gasteiger partial charge in [-0.05, 0) is 98.1 Å². The van der Waals surface area contributed by atoms with E-state index in [1.807, 2.05) is 12.1 Å². The number of carbonyl (C=O) groups is 1. The number of benzene rings is 3. The van der Waals surface area contributed by atoms with E-state index in [2.05, 4.69) is 46.2 Å². The van der Waals surface area contributed by atoms with Gasteiger partial charge in [0, 0.05) is 36.0 Å². The van der Waals surface area contributed by atoms with Crippen LogP contribution in [-0.2, 0) is 9.53 Å². The molecule has 3 saturated heterocycles. The van der Waals surface area contributed by atoms with Gasteiger partial charge in [-0.15, -0.1) is 0 Å². The number of phenols is 1. The number of nitrogens with two attached hydrogens (primary N) is 1. The predicted molar refractivity (Wildman–Crippen MR) is 175 cm³/mol. The van der Waals surface area contributed by atoms with E-state index in [0.717, 1.165) is 62.3 Å². The third-order valence-electron chi connectivity index (χ3n) is 9.57. The molecule has 0 saturated carbocycles. The highest BCUT2D eigenvalue weighted by Gasteiger charge is 2.30. The Morgan fingerprint density at radius 3 is 2.11 bits per heavy atom. The van der Waals surface area contributed by atoms with Crippen LogP contribution >= 0.6 is 0 Å².